The average Bonchev–Trinajstić information content (AvgIpc) is 2.67. The highest BCUT2D eigenvalue weighted by atomic mass is 79.9. The summed E-state index contributed by atoms with van der Waals surface area (Å²) in [6.07, 6.45) is 1.57. The summed E-state index contributed by atoms with van der Waals surface area (Å²) in [4.78, 5) is 11.5. The summed E-state index contributed by atoms with van der Waals surface area (Å²) < 4.78 is 6.76. The van der Waals surface area contributed by atoms with E-state index < -0.39 is 5.97 Å². The molecule has 0 aliphatic carbocycles. The van der Waals surface area contributed by atoms with Gasteiger partial charge < -0.3 is 4.74 Å². The number of hydrogen-bond acceptors (Lipinski definition) is 5. The molecular formula is C10H9BrN4O2. The molecule has 88 valence electrons. The predicted molar refractivity (Wildman–Crippen MR) is 62.9 cm³/mol. The monoisotopic (exact) mass is 296 g/mol. The van der Waals surface area contributed by atoms with Gasteiger partial charge in [-0.3, -0.25) is 0 Å². The van der Waals surface area contributed by atoms with Gasteiger partial charge in [-0.25, -0.2) is 9.48 Å². The van der Waals surface area contributed by atoms with Crippen LogP contribution in [0.15, 0.2) is 22.8 Å². The van der Waals surface area contributed by atoms with Crippen molar-refractivity contribution in [3.63, 3.8) is 0 Å². The first-order chi connectivity index (χ1) is 8.15. The first-order valence-corrected chi connectivity index (χ1v) is 5.56. The molecule has 2 heterocycles. The average molecular weight is 297 g/mol. The lowest BCUT2D eigenvalue weighted by molar-refractivity contribution is 0.0592. The smallest absolute Gasteiger partial charge is 0.359 e. The third kappa shape index (κ3) is 2.05. The van der Waals surface area contributed by atoms with Crippen molar-refractivity contribution in [3.8, 4) is 5.82 Å². The highest BCUT2D eigenvalue weighted by Crippen LogP contribution is 2.23. The van der Waals surface area contributed by atoms with Crippen molar-refractivity contribution in [2.45, 2.75) is 6.92 Å². The fourth-order valence-corrected chi connectivity index (χ4v) is 1.75. The lowest BCUT2D eigenvalue weighted by atomic mass is 10.4. The van der Waals surface area contributed by atoms with Crippen molar-refractivity contribution in [3.05, 3.63) is 34.2 Å². The van der Waals surface area contributed by atoms with Gasteiger partial charge in [-0.15, -0.1) is 5.10 Å². The van der Waals surface area contributed by atoms with E-state index in [0.717, 1.165) is 5.69 Å². The van der Waals surface area contributed by atoms with Crippen LogP contribution in [0.5, 0.6) is 0 Å². The molecule has 0 aliphatic heterocycles. The van der Waals surface area contributed by atoms with Crippen LogP contribution < -0.4 is 0 Å². The van der Waals surface area contributed by atoms with E-state index in [4.69, 9.17) is 0 Å². The zero-order valence-electron chi connectivity index (χ0n) is 9.22. The van der Waals surface area contributed by atoms with Gasteiger partial charge in [0.05, 0.1) is 17.3 Å². The number of esters is 1. The van der Waals surface area contributed by atoms with Crippen molar-refractivity contribution < 1.29 is 9.53 Å². The van der Waals surface area contributed by atoms with Gasteiger partial charge >= 0.3 is 5.97 Å². The Morgan fingerprint density at radius 3 is 2.88 bits per heavy atom. The van der Waals surface area contributed by atoms with E-state index in [0.29, 0.717) is 10.3 Å². The van der Waals surface area contributed by atoms with Crippen molar-refractivity contribution >= 4 is 21.9 Å². The molecule has 0 saturated heterocycles. The second-order valence-electron chi connectivity index (χ2n) is 3.23. The minimum atomic E-state index is -0.498. The Hall–Kier alpha value is -1.76. The zero-order valence-corrected chi connectivity index (χ0v) is 10.8. The number of methoxy groups -OCH3 is 1. The van der Waals surface area contributed by atoms with E-state index in [2.05, 4.69) is 36.0 Å². The van der Waals surface area contributed by atoms with Crippen LogP contribution in [-0.4, -0.2) is 33.1 Å². The Morgan fingerprint density at radius 2 is 2.29 bits per heavy atom. The molecule has 0 radical (unpaired) electrons. The highest BCUT2D eigenvalue weighted by molar-refractivity contribution is 9.10. The van der Waals surface area contributed by atoms with Crippen LogP contribution >= 0.6 is 15.9 Å². The number of halogens is 1. The quantitative estimate of drug-likeness (QED) is 0.786. The van der Waals surface area contributed by atoms with Gasteiger partial charge in [0.2, 0.25) is 0 Å². The molecule has 2 aromatic heterocycles. The maximum Gasteiger partial charge on any atom is 0.359 e. The Balaban J connectivity index is 2.54. The van der Waals surface area contributed by atoms with Crippen molar-refractivity contribution in [1.29, 1.82) is 0 Å². The topological polar surface area (TPSA) is 69.9 Å². The summed E-state index contributed by atoms with van der Waals surface area (Å²) in [5.41, 5.74) is 0.974. The molecule has 0 fully saturated rings. The van der Waals surface area contributed by atoms with E-state index in [1.54, 1.807) is 18.3 Å². The Kier molecular flexibility index (Phi) is 3.19. The van der Waals surface area contributed by atoms with Gasteiger partial charge in [-0.05, 0) is 35.0 Å². The lowest BCUT2D eigenvalue weighted by Gasteiger charge is -2.00. The number of rotatable bonds is 2. The first-order valence-electron chi connectivity index (χ1n) is 4.76. The van der Waals surface area contributed by atoms with Crippen LogP contribution in [0, 0.1) is 6.92 Å². The van der Waals surface area contributed by atoms with E-state index in [1.165, 1.54) is 11.8 Å². The number of ether oxygens (including phenoxy) is 1. The SMILES string of the molecule is COC(=O)c1nn(-c2cccnn2)c(C)c1Br. The van der Waals surface area contributed by atoms with Gasteiger partial charge in [0, 0.05) is 6.20 Å². The summed E-state index contributed by atoms with van der Waals surface area (Å²) in [7, 11) is 1.31. The molecule has 2 aromatic rings. The van der Waals surface area contributed by atoms with Crippen LogP contribution in [0.25, 0.3) is 5.82 Å². The van der Waals surface area contributed by atoms with Crippen molar-refractivity contribution in [2.75, 3.05) is 7.11 Å². The van der Waals surface area contributed by atoms with Gasteiger partial charge in [0.15, 0.2) is 11.5 Å². The number of nitrogens with zero attached hydrogens (tertiary/aromatic N) is 4. The van der Waals surface area contributed by atoms with E-state index >= 15 is 0 Å². The molecule has 17 heavy (non-hydrogen) atoms. The van der Waals surface area contributed by atoms with Gasteiger partial charge in [-0.1, -0.05) is 0 Å². The summed E-state index contributed by atoms with van der Waals surface area (Å²) in [6.45, 7) is 1.82. The number of carbonyl (C=O) groups is 1. The summed E-state index contributed by atoms with van der Waals surface area (Å²) in [5, 5.41) is 11.8. The van der Waals surface area contributed by atoms with Crippen molar-refractivity contribution in [2.24, 2.45) is 0 Å². The van der Waals surface area contributed by atoms with Crippen LogP contribution in [0.4, 0.5) is 0 Å². The molecule has 0 atom stereocenters. The largest absolute Gasteiger partial charge is 0.464 e. The molecule has 0 unspecified atom stereocenters. The minimum absolute atomic E-state index is 0.218. The van der Waals surface area contributed by atoms with Gasteiger partial charge in [0.25, 0.3) is 0 Å². The normalized spacial score (nSPS) is 10.3. The van der Waals surface area contributed by atoms with E-state index in [1.807, 2.05) is 6.92 Å². The maximum atomic E-state index is 11.5. The standard InChI is InChI=1S/C10H9BrN4O2/c1-6-8(11)9(10(16)17-2)14-15(6)7-4-3-5-12-13-7/h3-5H,1-2H3. The van der Waals surface area contributed by atoms with Crippen LogP contribution in [0.2, 0.25) is 0 Å². The molecule has 2 rings (SSSR count). The van der Waals surface area contributed by atoms with E-state index in [9.17, 15) is 4.79 Å². The molecule has 0 spiro atoms. The maximum absolute atomic E-state index is 11.5. The highest BCUT2D eigenvalue weighted by Gasteiger charge is 2.20. The molecular weight excluding hydrogens is 288 g/mol. The van der Waals surface area contributed by atoms with Gasteiger partial charge in [-0.2, -0.15) is 10.2 Å². The molecule has 0 bridgehead atoms. The second-order valence-corrected chi connectivity index (χ2v) is 4.03. The van der Waals surface area contributed by atoms with Crippen LogP contribution in [0.3, 0.4) is 0 Å². The van der Waals surface area contributed by atoms with Crippen LogP contribution in [0.1, 0.15) is 16.2 Å². The second kappa shape index (κ2) is 4.62. The van der Waals surface area contributed by atoms with Gasteiger partial charge in [0.1, 0.15) is 0 Å². The predicted octanol–water partition coefficient (Wildman–Crippen LogP) is 1.52. The first kappa shape index (κ1) is 11.7. The van der Waals surface area contributed by atoms with Crippen LogP contribution in [-0.2, 0) is 4.74 Å². The summed E-state index contributed by atoms with van der Waals surface area (Å²) >= 11 is 3.31. The Morgan fingerprint density at radius 1 is 1.53 bits per heavy atom. The lowest BCUT2D eigenvalue weighted by Crippen LogP contribution is -2.06. The molecule has 0 saturated carbocycles. The minimum Gasteiger partial charge on any atom is -0.464 e. The van der Waals surface area contributed by atoms with Crippen molar-refractivity contribution in [1.82, 2.24) is 20.0 Å². The molecule has 0 aliphatic rings. The third-order valence-corrected chi connectivity index (χ3v) is 3.15. The Labute approximate surface area is 106 Å². The number of carbonyl (C=O) groups excluding carboxylic acids is 1. The number of aromatic nitrogens is 4. The molecule has 0 aromatic carbocycles. The molecule has 0 amide bonds. The zero-order chi connectivity index (χ0) is 12.4. The fourth-order valence-electron chi connectivity index (χ4n) is 1.34. The Bertz CT molecular complexity index is 553. The molecule has 0 N–H and O–H groups in total. The van der Waals surface area contributed by atoms with E-state index in [-0.39, 0.29) is 5.69 Å². The molecule has 6 nitrogen and oxygen atoms in total. The summed E-state index contributed by atoms with van der Waals surface area (Å²) in [6, 6.07) is 3.50. The third-order valence-electron chi connectivity index (χ3n) is 2.20. The fraction of sp³-hybridized carbons (Fsp3) is 0.200. The summed E-state index contributed by atoms with van der Waals surface area (Å²) in [5.74, 6) is 0.0449. The number of hydrogen-bond donors (Lipinski definition) is 0. The molecule has 7 heteroatoms.